The average molecular weight is 493 g/mol. The molecule has 2 aliphatic rings. The highest BCUT2D eigenvalue weighted by Gasteiger charge is 2.41. The molecule has 6 nitrogen and oxygen atoms in total. The second-order valence-electron chi connectivity index (χ2n) is 10.1. The summed E-state index contributed by atoms with van der Waals surface area (Å²) in [5.41, 5.74) is 8.05. The number of amides is 1. The minimum absolute atomic E-state index is 0.435. The van der Waals surface area contributed by atoms with Gasteiger partial charge in [-0.3, -0.25) is 14.8 Å². The summed E-state index contributed by atoms with van der Waals surface area (Å²) in [5.74, 6) is 0.897. The number of rotatable bonds is 8. The van der Waals surface area contributed by atoms with E-state index in [2.05, 4.69) is 81.8 Å². The molecule has 0 spiro atoms. The fourth-order valence-corrected chi connectivity index (χ4v) is 5.43. The topological polar surface area (TPSA) is 61.5 Å². The summed E-state index contributed by atoms with van der Waals surface area (Å²) in [6.45, 7) is 4.63. The molecule has 1 N–H and O–H groups in total. The molecular weight excluding hydrogens is 460 g/mol. The van der Waals surface area contributed by atoms with E-state index in [-0.39, 0.29) is 0 Å². The van der Waals surface area contributed by atoms with Gasteiger partial charge in [0.2, 0.25) is 6.41 Å². The van der Waals surface area contributed by atoms with Crippen molar-refractivity contribution in [2.24, 2.45) is 0 Å². The second kappa shape index (κ2) is 10.3. The molecule has 3 aromatic carbocycles. The van der Waals surface area contributed by atoms with E-state index in [1.54, 1.807) is 4.90 Å². The van der Waals surface area contributed by atoms with Crippen LogP contribution in [0.15, 0.2) is 66.7 Å². The number of carbonyl (C=O) groups is 1. The van der Waals surface area contributed by atoms with E-state index in [0.717, 1.165) is 68.0 Å². The fraction of sp³-hybridized carbons (Fsp3) is 0.290. The van der Waals surface area contributed by atoms with Crippen molar-refractivity contribution in [2.75, 3.05) is 38.3 Å². The van der Waals surface area contributed by atoms with Crippen LogP contribution >= 0.6 is 0 Å². The summed E-state index contributed by atoms with van der Waals surface area (Å²) in [5, 5.41) is 8.93. The van der Waals surface area contributed by atoms with Crippen molar-refractivity contribution in [2.45, 2.75) is 24.8 Å². The van der Waals surface area contributed by atoms with Crippen LogP contribution in [0.4, 0.5) is 5.69 Å². The first-order chi connectivity index (χ1) is 18.2. The van der Waals surface area contributed by atoms with Crippen LogP contribution in [0.3, 0.4) is 0 Å². The number of anilines is 1. The molecule has 0 unspecified atom stereocenters. The number of nitrogens with one attached hydrogen (secondary N) is 1. The van der Waals surface area contributed by atoms with E-state index >= 15 is 0 Å². The minimum atomic E-state index is 0.435. The van der Waals surface area contributed by atoms with Crippen molar-refractivity contribution in [3.8, 4) is 0 Å². The molecule has 2 fully saturated rings. The normalized spacial score (nSPS) is 19.9. The van der Waals surface area contributed by atoms with Crippen LogP contribution in [0.2, 0.25) is 0 Å². The SMILES string of the molecule is CN(C=O)c1ccccc1[C@H]1C[C@H]1c1ccc2c(/C=C/c3ccc(CN4CCOCC4)cc3)n[nH]c2c1. The molecule has 4 aromatic rings. The summed E-state index contributed by atoms with van der Waals surface area (Å²) in [6, 6.07) is 23.6. The van der Waals surface area contributed by atoms with Crippen LogP contribution in [0.25, 0.3) is 23.1 Å². The molecule has 6 heteroatoms. The predicted octanol–water partition coefficient (Wildman–Crippen LogP) is 5.43. The number of hydrogen-bond donors (Lipinski definition) is 1. The number of aromatic amines is 1. The third kappa shape index (κ3) is 5.08. The van der Waals surface area contributed by atoms with Crippen molar-refractivity contribution in [3.63, 3.8) is 0 Å². The quantitative estimate of drug-likeness (QED) is 0.333. The van der Waals surface area contributed by atoms with Crippen molar-refractivity contribution < 1.29 is 9.53 Å². The van der Waals surface area contributed by atoms with Gasteiger partial charge in [-0.2, -0.15) is 5.10 Å². The maximum atomic E-state index is 11.3. The van der Waals surface area contributed by atoms with Crippen LogP contribution in [0.1, 0.15) is 46.2 Å². The lowest BCUT2D eigenvalue weighted by Crippen LogP contribution is -2.35. The molecule has 1 saturated heterocycles. The monoisotopic (exact) mass is 492 g/mol. The van der Waals surface area contributed by atoms with Gasteiger partial charge in [0.15, 0.2) is 0 Å². The van der Waals surface area contributed by atoms with Crippen LogP contribution in [-0.4, -0.2) is 54.9 Å². The van der Waals surface area contributed by atoms with Gasteiger partial charge in [-0.05, 0) is 58.7 Å². The second-order valence-corrected chi connectivity index (χ2v) is 10.1. The highest BCUT2D eigenvalue weighted by atomic mass is 16.5. The number of fused-ring (bicyclic) bond motifs is 1. The highest BCUT2D eigenvalue weighted by molar-refractivity contribution is 5.90. The molecule has 1 saturated carbocycles. The standard InChI is InChI=1S/C31H32N4O2/c1-34(21-36)31-5-3-2-4-25(31)28-19-27(28)24-11-12-26-29(32-33-30(26)18-24)13-10-22-6-8-23(9-7-22)20-35-14-16-37-17-15-35/h2-13,18,21,27-28H,14-17,19-20H2,1H3,(H,32,33)/b13-10+/t27-,28+/m0/s1. The van der Waals surface area contributed by atoms with Gasteiger partial charge in [-0.25, -0.2) is 0 Å². The Morgan fingerprint density at radius 3 is 2.65 bits per heavy atom. The van der Waals surface area contributed by atoms with Gasteiger partial charge in [0.1, 0.15) is 0 Å². The first-order valence-corrected chi connectivity index (χ1v) is 13.0. The van der Waals surface area contributed by atoms with Crippen LogP contribution < -0.4 is 4.90 Å². The Bertz CT molecular complexity index is 1420. The van der Waals surface area contributed by atoms with Crippen molar-refractivity contribution >= 4 is 35.2 Å². The molecule has 1 aliphatic heterocycles. The Kier molecular flexibility index (Phi) is 6.60. The summed E-state index contributed by atoms with van der Waals surface area (Å²) in [6.07, 6.45) is 6.18. The predicted molar refractivity (Wildman–Crippen MR) is 149 cm³/mol. The molecule has 1 aliphatic carbocycles. The summed E-state index contributed by atoms with van der Waals surface area (Å²) >= 11 is 0. The Morgan fingerprint density at radius 1 is 1.03 bits per heavy atom. The van der Waals surface area contributed by atoms with Gasteiger partial charge < -0.3 is 9.64 Å². The Balaban J connectivity index is 1.14. The lowest BCUT2D eigenvalue weighted by atomic mass is 10.0. The third-order valence-corrected chi connectivity index (χ3v) is 7.63. The molecule has 1 amide bonds. The van der Waals surface area contributed by atoms with E-state index in [9.17, 15) is 4.79 Å². The summed E-state index contributed by atoms with van der Waals surface area (Å²) < 4.78 is 5.44. The molecule has 37 heavy (non-hydrogen) atoms. The lowest BCUT2D eigenvalue weighted by Gasteiger charge is -2.26. The maximum Gasteiger partial charge on any atom is 0.213 e. The van der Waals surface area contributed by atoms with Gasteiger partial charge in [-0.15, -0.1) is 0 Å². The number of H-pyrrole nitrogens is 1. The first-order valence-electron chi connectivity index (χ1n) is 13.0. The maximum absolute atomic E-state index is 11.3. The summed E-state index contributed by atoms with van der Waals surface area (Å²) in [7, 11) is 1.81. The smallest absolute Gasteiger partial charge is 0.213 e. The van der Waals surface area contributed by atoms with Gasteiger partial charge in [-0.1, -0.05) is 60.7 Å². The number of carbonyl (C=O) groups excluding carboxylic acids is 1. The first kappa shape index (κ1) is 23.6. The zero-order valence-corrected chi connectivity index (χ0v) is 21.1. The Labute approximate surface area is 217 Å². The van der Waals surface area contributed by atoms with E-state index in [1.807, 2.05) is 19.2 Å². The number of morpholine rings is 1. The van der Waals surface area contributed by atoms with Gasteiger partial charge in [0.25, 0.3) is 0 Å². The molecular formula is C31H32N4O2. The lowest BCUT2D eigenvalue weighted by molar-refractivity contribution is -0.107. The van der Waals surface area contributed by atoms with Crippen LogP contribution in [-0.2, 0) is 16.1 Å². The summed E-state index contributed by atoms with van der Waals surface area (Å²) in [4.78, 5) is 15.4. The highest BCUT2D eigenvalue weighted by Crippen LogP contribution is 2.56. The fourth-order valence-electron chi connectivity index (χ4n) is 5.43. The van der Waals surface area contributed by atoms with E-state index in [4.69, 9.17) is 4.74 Å². The average Bonchev–Trinajstić information content (AvgIpc) is 3.65. The van der Waals surface area contributed by atoms with Crippen molar-refractivity contribution in [3.05, 3.63) is 94.7 Å². The van der Waals surface area contributed by atoms with Gasteiger partial charge in [0, 0.05) is 37.8 Å². The molecule has 2 atom stereocenters. The number of para-hydroxylation sites is 1. The van der Waals surface area contributed by atoms with Gasteiger partial charge >= 0.3 is 0 Å². The van der Waals surface area contributed by atoms with Crippen LogP contribution in [0.5, 0.6) is 0 Å². The van der Waals surface area contributed by atoms with Crippen molar-refractivity contribution in [1.82, 2.24) is 15.1 Å². The number of aromatic nitrogens is 2. The molecule has 0 bridgehead atoms. The molecule has 0 radical (unpaired) electrons. The largest absolute Gasteiger partial charge is 0.379 e. The zero-order chi connectivity index (χ0) is 25.2. The van der Waals surface area contributed by atoms with Crippen molar-refractivity contribution in [1.29, 1.82) is 0 Å². The number of nitrogens with zero attached hydrogens (tertiary/aromatic N) is 3. The minimum Gasteiger partial charge on any atom is -0.379 e. The Morgan fingerprint density at radius 2 is 1.84 bits per heavy atom. The third-order valence-electron chi connectivity index (χ3n) is 7.63. The molecule has 2 heterocycles. The molecule has 6 rings (SSSR count). The van der Waals surface area contributed by atoms with Gasteiger partial charge in [0.05, 0.1) is 24.4 Å². The Hall–Kier alpha value is -3.74. The van der Waals surface area contributed by atoms with E-state index < -0.39 is 0 Å². The number of benzene rings is 3. The number of ether oxygens (including phenoxy) is 1. The van der Waals surface area contributed by atoms with E-state index in [1.165, 1.54) is 22.3 Å². The van der Waals surface area contributed by atoms with E-state index in [0.29, 0.717) is 11.8 Å². The van der Waals surface area contributed by atoms with Crippen LogP contribution in [0, 0.1) is 0 Å². The molecule has 1 aromatic heterocycles. The number of hydrogen-bond acceptors (Lipinski definition) is 4. The zero-order valence-electron chi connectivity index (χ0n) is 21.1. The molecule has 188 valence electrons.